The van der Waals surface area contributed by atoms with Crippen LogP contribution in [0.15, 0.2) is 24.3 Å². The molecule has 0 unspecified atom stereocenters. The third-order valence-corrected chi connectivity index (χ3v) is 4.09. The highest BCUT2D eigenvalue weighted by Crippen LogP contribution is 2.43. The molecule has 0 atom stereocenters. The quantitative estimate of drug-likeness (QED) is 0.867. The number of nitrogens with one attached hydrogen (secondary N) is 1. The van der Waals surface area contributed by atoms with Gasteiger partial charge in [-0.1, -0.05) is 18.2 Å². The van der Waals surface area contributed by atoms with E-state index < -0.39 is 11.9 Å². The summed E-state index contributed by atoms with van der Waals surface area (Å²) in [5.41, 5.74) is 1.57. The maximum absolute atomic E-state index is 13.3. The molecule has 1 aromatic carbocycles. The molecule has 5 heteroatoms. The molecule has 3 rings (SSSR count). The van der Waals surface area contributed by atoms with Crippen LogP contribution >= 0.6 is 0 Å². The molecule has 1 aromatic heterocycles. The van der Waals surface area contributed by atoms with Crippen molar-refractivity contribution < 1.29 is 18.7 Å². The summed E-state index contributed by atoms with van der Waals surface area (Å²) in [4.78, 5) is 14.3. The number of hydrogen-bond donors (Lipinski definition) is 2. The highest BCUT2D eigenvalue weighted by Gasteiger charge is 2.37. The summed E-state index contributed by atoms with van der Waals surface area (Å²) in [7, 11) is 0. The number of fused-ring (bicyclic) bond motifs is 1. The molecular weight excluding hydrogens is 264 g/mol. The van der Waals surface area contributed by atoms with Gasteiger partial charge >= 0.3 is 5.97 Å². The van der Waals surface area contributed by atoms with E-state index in [1.54, 1.807) is 0 Å². The maximum Gasteiger partial charge on any atom is 0.352 e. The summed E-state index contributed by atoms with van der Waals surface area (Å²) in [6, 6.07) is 7.31. The molecule has 2 aromatic rings. The van der Waals surface area contributed by atoms with Crippen LogP contribution in [-0.2, 0) is 0 Å². The molecule has 0 aliphatic heterocycles. The smallest absolute Gasteiger partial charge is 0.352 e. The number of carboxylic acids is 1. The van der Waals surface area contributed by atoms with Gasteiger partial charge < -0.3 is 10.1 Å². The lowest BCUT2D eigenvalue weighted by Gasteiger charge is -2.28. The van der Waals surface area contributed by atoms with E-state index in [4.69, 9.17) is 0 Å². The molecule has 1 heterocycles. The van der Waals surface area contributed by atoms with Crippen LogP contribution in [0.3, 0.4) is 0 Å². The summed E-state index contributed by atoms with van der Waals surface area (Å²) < 4.78 is 26.5. The number of aromatic amines is 1. The normalized spacial score (nSPS) is 19.3. The number of para-hydroxylation sites is 1. The van der Waals surface area contributed by atoms with Crippen molar-refractivity contribution in [2.75, 3.05) is 0 Å². The lowest BCUT2D eigenvalue weighted by Crippen LogP contribution is -2.24. The van der Waals surface area contributed by atoms with Crippen LogP contribution < -0.4 is 0 Å². The van der Waals surface area contributed by atoms with E-state index in [2.05, 4.69) is 4.98 Å². The molecule has 20 heavy (non-hydrogen) atoms. The topological polar surface area (TPSA) is 53.1 Å². The Balaban J connectivity index is 2.06. The van der Waals surface area contributed by atoms with Crippen molar-refractivity contribution in [3.05, 3.63) is 35.5 Å². The fourth-order valence-electron chi connectivity index (χ4n) is 3.09. The Hall–Kier alpha value is -1.91. The third kappa shape index (κ3) is 2.17. The van der Waals surface area contributed by atoms with E-state index in [-0.39, 0.29) is 24.5 Å². The molecule has 1 aliphatic rings. The van der Waals surface area contributed by atoms with Crippen molar-refractivity contribution in [3.8, 4) is 0 Å². The highest BCUT2D eigenvalue weighted by atomic mass is 19.3. The minimum atomic E-state index is -2.61. The number of aromatic carboxylic acids is 1. The Kier molecular flexibility index (Phi) is 3.00. The molecule has 106 valence electrons. The van der Waals surface area contributed by atoms with Gasteiger partial charge in [-0.15, -0.1) is 0 Å². The number of rotatable bonds is 2. The van der Waals surface area contributed by atoms with Gasteiger partial charge in [0, 0.05) is 23.7 Å². The summed E-state index contributed by atoms with van der Waals surface area (Å²) in [6.07, 6.45) is 0.316. The van der Waals surface area contributed by atoms with E-state index in [0.29, 0.717) is 18.4 Å². The first-order valence-electron chi connectivity index (χ1n) is 6.70. The van der Waals surface area contributed by atoms with Gasteiger partial charge in [0.2, 0.25) is 5.92 Å². The number of hydrogen-bond acceptors (Lipinski definition) is 1. The average molecular weight is 279 g/mol. The van der Waals surface area contributed by atoms with E-state index in [1.807, 2.05) is 24.3 Å². The minimum Gasteiger partial charge on any atom is -0.477 e. The first-order valence-corrected chi connectivity index (χ1v) is 6.70. The SMILES string of the molecule is O=C(O)c1[nH]c2ccccc2c1C1CCC(F)(F)CC1. The Morgan fingerprint density at radius 2 is 1.90 bits per heavy atom. The second-order valence-corrected chi connectivity index (χ2v) is 5.39. The number of carboxylic acid groups (broad SMARTS) is 1. The number of H-pyrrole nitrogens is 1. The van der Waals surface area contributed by atoms with Crippen LogP contribution in [-0.4, -0.2) is 22.0 Å². The van der Waals surface area contributed by atoms with E-state index in [1.165, 1.54) is 0 Å². The second-order valence-electron chi connectivity index (χ2n) is 5.39. The van der Waals surface area contributed by atoms with Crippen molar-refractivity contribution >= 4 is 16.9 Å². The van der Waals surface area contributed by atoms with Crippen LogP contribution in [0.4, 0.5) is 8.78 Å². The van der Waals surface area contributed by atoms with Crippen LogP contribution in [0, 0.1) is 0 Å². The molecular formula is C15H15F2NO2. The van der Waals surface area contributed by atoms with Gasteiger partial charge in [0.25, 0.3) is 0 Å². The number of halogens is 2. The molecule has 0 spiro atoms. The molecule has 1 saturated carbocycles. The lowest BCUT2D eigenvalue weighted by molar-refractivity contribution is -0.0381. The monoisotopic (exact) mass is 279 g/mol. The zero-order valence-electron chi connectivity index (χ0n) is 10.8. The zero-order chi connectivity index (χ0) is 14.3. The Morgan fingerprint density at radius 1 is 1.25 bits per heavy atom. The predicted molar refractivity (Wildman–Crippen MR) is 71.4 cm³/mol. The first-order chi connectivity index (χ1) is 9.48. The van der Waals surface area contributed by atoms with Crippen LogP contribution in [0.5, 0.6) is 0 Å². The molecule has 0 radical (unpaired) electrons. The van der Waals surface area contributed by atoms with Gasteiger partial charge in [0.05, 0.1) is 0 Å². The number of alkyl halides is 2. The summed E-state index contributed by atoms with van der Waals surface area (Å²) in [5, 5.41) is 10.2. The van der Waals surface area contributed by atoms with E-state index in [0.717, 1.165) is 10.9 Å². The molecule has 0 saturated heterocycles. The molecule has 0 amide bonds. The standard InChI is InChI=1S/C15H15F2NO2/c16-15(17)7-5-9(6-8-15)12-10-3-1-2-4-11(10)18-13(12)14(19)20/h1-4,9,18H,5-8H2,(H,19,20). The molecule has 3 nitrogen and oxygen atoms in total. The maximum atomic E-state index is 13.3. The highest BCUT2D eigenvalue weighted by molar-refractivity contribution is 5.97. The van der Waals surface area contributed by atoms with Crippen molar-refractivity contribution in [2.24, 2.45) is 0 Å². The summed E-state index contributed by atoms with van der Waals surface area (Å²) >= 11 is 0. The van der Waals surface area contributed by atoms with Gasteiger partial charge in [-0.3, -0.25) is 0 Å². The number of benzene rings is 1. The average Bonchev–Trinajstić information content (AvgIpc) is 2.78. The third-order valence-electron chi connectivity index (χ3n) is 4.09. The van der Waals surface area contributed by atoms with Crippen molar-refractivity contribution in [1.82, 2.24) is 4.98 Å². The molecule has 1 aliphatic carbocycles. The van der Waals surface area contributed by atoms with Crippen molar-refractivity contribution in [1.29, 1.82) is 0 Å². The zero-order valence-corrected chi connectivity index (χ0v) is 10.8. The van der Waals surface area contributed by atoms with E-state index in [9.17, 15) is 18.7 Å². The summed E-state index contributed by atoms with van der Waals surface area (Å²) in [5.74, 6) is -3.75. The summed E-state index contributed by atoms with van der Waals surface area (Å²) in [6.45, 7) is 0. The fraction of sp³-hybridized carbons (Fsp3) is 0.400. The van der Waals surface area contributed by atoms with Gasteiger partial charge in [-0.2, -0.15) is 0 Å². The van der Waals surface area contributed by atoms with E-state index >= 15 is 0 Å². The van der Waals surface area contributed by atoms with Crippen molar-refractivity contribution in [3.63, 3.8) is 0 Å². The van der Waals surface area contributed by atoms with Gasteiger partial charge in [-0.05, 0) is 30.4 Å². The first kappa shape index (κ1) is 13.1. The number of carbonyl (C=O) groups is 1. The minimum absolute atomic E-state index is 0.114. The van der Waals surface area contributed by atoms with Gasteiger partial charge in [0.15, 0.2) is 0 Å². The van der Waals surface area contributed by atoms with Crippen molar-refractivity contribution in [2.45, 2.75) is 37.5 Å². The number of aromatic nitrogens is 1. The lowest BCUT2D eigenvalue weighted by atomic mass is 9.81. The molecule has 1 fully saturated rings. The van der Waals surface area contributed by atoms with Crippen LogP contribution in [0.2, 0.25) is 0 Å². The van der Waals surface area contributed by atoms with Gasteiger partial charge in [0.1, 0.15) is 5.69 Å². The fourth-order valence-corrected chi connectivity index (χ4v) is 3.09. The van der Waals surface area contributed by atoms with Crippen LogP contribution in [0.25, 0.3) is 10.9 Å². The predicted octanol–water partition coefficient (Wildman–Crippen LogP) is 4.16. The largest absolute Gasteiger partial charge is 0.477 e. The molecule has 0 bridgehead atoms. The Morgan fingerprint density at radius 3 is 2.55 bits per heavy atom. The van der Waals surface area contributed by atoms with Crippen LogP contribution in [0.1, 0.15) is 47.7 Å². The van der Waals surface area contributed by atoms with Gasteiger partial charge in [-0.25, -0.2) is 13.6 Å². The second kappa shape index (κ2) is 4.58. The molecule has 2 N–H and O–H groups in total. The Labute approximate surface area is 114 Å². The Bertz CT molecular complexity index is 653.